The first-order valence-electron chi connectivity index (χ1n) is 8.14. The maximum absolute atomic E-state index is 12.2. The number of hydrogen-bond acceptors (Lipinski definition) is 6. The first-order valence-corrected chi connectivity index (χ1v) is 9.13. The average Bonchev–Trinajstić information content (AvgIpc) is 3.15. The number of rotatable bonds is 7. The molecule has 8 heteroatoms. The van der Waals surface area contributed by atoms with Crippen molar-refractivity contribution in [2.75, 3.05) is 18.2 Å². The van der Waals surface area contributed by atoms with Crippen molar-refractivity contribution >= 4 is 23.4 Å². The number of benzene rings is 2. The lowest BCUT2D eigenvalue weighted by atomic mass is 10.1. The van der Waals surface area contributed by atoms with Crippen molar-refractivity contribution in [2.24, 2.45) is 0 Å². The van der Waals surface area contributed by atoms with Crippen LogP contribution in [0.25, 0.3) is 5.69 Å². The molecule has 0 aliphatic heterocycles. The molecule has 0 unspecified atom stereocenters. The zero-order valence-electron chi connectivity index (χ0n) is 14.5. The predicted molar refractivity (Wildman–Crippen MR) is 101 cm³/mol. The summed E-state index contributed by atoms with van der Waals surface area (Å²) in [7, 11) is 1.59. The van der Waals surface area contributed by atoms with Crippen LogP contribution in [0.5, 0.6) is 5.75 Å². The van der Waals surface area contributed by atoms with Crippen LogP contribution in [0.1, 0.15) is 12.5 Å². The van der Waals surface area contributed by atoms with E-state index in [0.717, 1.165) is 17.8 Å². The lowest BCUT2D eigenvalue weighted by Crippen LogP contribution is -2.14. The van der Waals surface area contributed by atoms with Gasteiger partial charge in [0.05, 0.1) is 12.9 Å². The molecule has 3 aromatic rings. The van der Waals surface area contributed by atoms with Crippen molar-refractivity contribution in [1.29, 1.82) is 0 Å². The number of amides is 1. The van der Waals surface area contributed by atoms with E-state index in [1.165, 1.54) is 17.3 Å². The summed E-state index contributed by atoms with van der Waals surface area (Å²) in [5.41, 5.74) is 2.69. The first-order chi connectivity index (χ1) is 12.7. The number of thioether (sulfide) groups is 1. The molecule has 0 spiro atoms. The molecule has 0 atom stereocenters. The number of carbonyl (C=O) groups is 1. The molecule has 0 aliphatic rings. The molecule has 2 aromatic carbocycles. The van der Waals surface area contributed by atoms with Crippen molar-refractivity contribution in [3.8, 4) is 11.4 Å². The summed E-state index contributed by atoms with van der Waals surface area (Å²) in [5, 5.41) is 15.1. The van der Waals surface area contributed by atoms with Crippen LogP contribution in [0.2, 0.25) is 0 Å². The molecule has 134 valence electrons. The Kier molecular flexibility index (Phi) is 5.85. The third-order valence-electron chi connectivity index (χ3n) is 3.71. The maximum atomic E-state index is 12.2. The van der Waals surface area contributed by atoms with E-state index >= 15 is 0 Å². The zero-order chi connectivity index (χ0) is 18.4. The minimum Gasteiger partial charge on any atom is -0.494 e. The number of aromatic nitrogens is 4. The number of nitrogens with one attached hydrogen (secondary N) is 1. The van der Waals surface area contributed by atoms with Gasteiger partial charge in [-0.25, -0.2) is 0 Å². The van der Waals surface area contributed by atoms with Crippen LogP contribution < -0.4 is 10.1 Å². The van der Waals surface area contributed by atoms with Crippen molar-refractivity contribution in [2.45, 2.75) is 18.5 Å². The Hall–Kier alpha value is -2.87. The molecule has 1 N–H and O–H groups in total. The standard InChI is InChI=1S/C18H19N5O2S/c1-3-13-7-6-8-14(11-13)19-17(24)12-26-18-20-21-22-23(18)15-9-4-5-10-16(15)25-2/h4-11H,3,12H2,1-2H3,(H,19,24). The van der Waals surface area contributed by atoms with Gasteiger partial charge in [0.25, 0.3) is 0 Å². The molecule has 0 radical (unpaired) electrons. The Bertz CT molecular complexity index is 897. The van der Waals surface area contributed by atoms with E-state index in [2.05, 4.69) is 27.8 Å². The van der Waals surface area contributed by atoms with Crippen LogP contribution in [0.4, 0.5) is 5.69 Å². The number of aryl methyl sites for hydroxylation is 1. The van der Waals surface area contributed by atoms with Gasteiger partial charge >= 0.3 is 0 Å². The van der Waals surface area contributed by atoms with E-state index < -0.39 is 0 Å². The minimum atomic E-state index is -0.113. The Balaban J connectivity index is 1.67. The molecule has 0 bridgehead atoms. The maximum Gasteiger partial charge on any atom is 0.234 e. The smallest absolute Gasteiger partial charge is 0.234 e. The quantitative estimate of drug-likeness (QED) is 0.645. The molecule has 0 saturated heterocycles. The Morgan fingerprint density at radius 2 is 2.08 bits per heavy atom. The average molecular weight is 369 g/mol. The number of ether oxygens (including phenoxy) is 1. The van der Waals surface area contributed by atoms with Gasteiger partial charge in [-0.2, -0.15) is 4.68 Å². The van der Waals surface area contributed by atoms with Gasteiger partial charge in [-0.1, -0.05) is 43.0 Å². The number of nitrogens with zero attached hydrogens (tertiary/aromatic N) is 4. The molecule has 0 fully saturated rings. The first kappa shape index (κ1) is 17.9. The third-order valence-corrected chi connectivity index (χ3v) is 4.62. The van der Waals surface area contributed by atoms with E-state index in [1.807, 2.05) is 48.5 Å². The van der Waals surface area contributed by atoms with Gasteiger partial charge in [0.2, 0.25) is 11.1 Å². The van der Waals surface area contributed by atoms with Gasteiger partial charge in [0.1, 0.15) is 11.4 Å². The second-order valence-electron chi connectivity index (χ2n) is 5.44. The zero-order valence-corrected chi connectivity index (χ0v) is 15.4. The van der Waals surface area contributed by atoms with Gasteiger partial charge in [-0.3, -0.25) is 4.79 Å². The van der Waals surface area contributed by atoms with Crippen LogP contribution in [-0.4, -0.2) is 39.0 Å². The van der Waals surface area contributed by atoms with Crippen LogP contribution >= 0.6 is 11.8 Å². The lowest BCUT2D eigenvalue weighted by molar-refractivity contribution is -0.113. The van der Waals surface area contributed by atoms with E-state index in [0.29, 0.717) is 10.9 Å². The highest BCUT2D eigenvalue weighted by atomic mass is 32.2. The largest absolute Gasteiger partial charge is 0.494 e. The molecule has 0 aliphatic carbocycles. The van der Waals surface area contributed by atoms with Gasteiger partial charge in [0.15, 0.2) is 0 Å². The molecule has 7 nitrogen and oxygen atoms in total. The summed E-state index contributed by atoms with van der Waals surface area (Å²) in [5.74, 6) is 0.742. The fourth-order valence-corrected chi connectivity index (χ4v) is 3.10. The second-order valence-corrected chi connectivity index (χ2v) is 6.38. The fraction of sp³-hybridized carbons (Fsp3) is 0.222. The Morgan fingerprint density at radius 3 is 2.88 bits per heavy atom. The summed E-state index contributed by atoms with van der Waals surface area (Å²) < 4.78 is 6.91. The van der Waals surface area contributed by atoms with Crippen LogP contribution in [0, 0.1) is 0 Å². The minimum absolute atomic E-state index is 0.113. The van der Waals surface area contributed by atoms with Crippen LogP contribution in [0.3, 0.4) is 0 Å². The van der Waals surface area contributed by atoms with Crippen molar-refractivity contribution in [1.82, 2.24) is 20.2 Å². The second kappa shape index (κ2) is 8.48. The summed E-state index contributed by atoms with van der Waals surface area (Å²) >= 11 is 1.26. The van der Waals surface area contributed by atoms with Gasteiger partial charge in [-0.05, 0) is 46.7 Å². The normalized spacial score (nSPS) is 10.5. The summed E-state index contributed by atoms with van der Waals surface area (Å²) in [6.07, 6.45) is 0.923. The highest BCUT2D eigenvalue weighted by Gasteiger charge is 2.14. The molecular formula is C18H19N5O2S. The van der Waals surface area contributed by atoms with Crippen molar-refractivity contribution in [3.05, 3.63) is 54.1 Å². The number of anilines is 1. The summed E-state index contributed by atoms with van der Waals surface area (Å²) in [6.45, 7) is 2.08. The summed E-state index contributed by atoms with van der Waals surface area (Å²) in [4.78, 5) is 12.2. The molecule has 1 heterocycles. The molecule has 26 heavy (non-hydrogen) atoms. The van der Waals surface area contributed by atoms with E-state index in [-0.39, 0.29) is 11.7 Å². The highest BCUT2D eigenvalue weighted by Crippen LogP contribution is 2.25. The van der Waals surface area contributed by atoms with Gasteiger partial charge in [-0.15, -0.1) is 5.10 Å². The predicted octanol–water partition coefficient (Wildman–Crippen LogP) is 2.96. The highest BCUT2D eigenvalue weighted by molar-refractivity contribution is 7.99. The van der Waals surface area contributed by atoms with Crippen LogP contribution in [0.15, 0.2) is 53.7 Å². The number of para-hydroxylation sites is 2. The topological polar surface area (TPSA) is 81.9 Å². The Morgan fingerprint density at radius 1 is 1.23 bits per heavy atom. The number of hydrogen-bond donors (Lipinski definition) is 1. The van der Waals surface area contributed by atoms with Crippen molar-refractivity contribution in [3.63, 3.8) is 0 Å². The molecule has 3 rings (SSSR count). The Labute approximate surface area is 155 Å². The molecular weight excluding hydrogens is 350 g/mol. The van der Waals surface area contributed by atoms with Gasteiger partial charge < -0.3 is 10.1 Å². The monoisotopic (exact) mass is 369 g/mol. The molecule has 0 saturated carbocycles. The fourth-order valence-electron chi connectivity index (χ4n) is 2.42. The van der Waals surface area contributed by atoms with E-state index in [1.54, 1.807) is 11.8 Å². The third kappa shape index (κ3) is 4.20. The molecule has 1 amide bonds. The van der Waals surface area contributed by atoms with Gasteiger partial charge in [0, 0.05) is 5.69 Å². The van der Waals surface area contributed by atoms with E-state index in [9.17, 15) is 4.79 Å². The SMILES string of the molecule is CCc1cccc(NC(=O)CSc2nnnn2-c2ccccc2OC)c1. The molecule has 1 aromatic heterocycles. The van der Waals surface area contributed by atoms with Crippen LogP contribution in [-0.2, 0) is 11.2 Å². The van der Waals surface area contributed by atoms with E-state index in [4.69, 9.17) is 4.74 Å². The van der Waals surface area contributed by atoms with Crippen molar-refractivity contribution < 1.29 is 9.53 Å². The summed E-state index contributed by atoms with van der Waals surface area (Å²) in [6, 6.07) is 15.3. The number of methoxy groups -OCH3 is 1. The number of tetrazole rings is 1. The lowest BCUT2D eigenvalue weighted by Gasteiger charge is -2.09. The number of carbonyl (C=O) groups excluding carboxylic acids is 1.